The largest absolute Gasteiger partial charge is 0.336 e. The first-order valence-electron chi connectivity index (χ1n) is 13.6. The van der Waals surface area contributed by atoms with Gasteiger partial charge in [-0.05, 0) is 63.0 Å². The summed E-state index contributed by atoms with van der Waals surface area (Å²) < 4.78 is 0. The molecular formula is C28H46N4O. The van der Waals surface area contributed by atoms with Crippen LogP contribution in [0.2, 0.25) is 0 Å². The molecule has 4 rings (SSSR count). The Morgan fingerprint density at radius 3 is 2.12 bits per heavy atom. The zero-order valence-electron chi connectivity index (χ0n) is 21.1. The van der Waals surface area contributed by atoms with Crippen LogP contribution in [0.3, 0.4) is 0 Å². The van der Waals surface area contributed by atoms with E-state index in [0.29, 0.717) is 5.92 Å². The number of carbonyl (C=O) groups excluding carboxylic acids is 1. The average molecular weight is 455 g/mol. The quantitative estimate of drug-likeness (QED) is 0.736. The number of carbonyl (C=O) groups is 1. The number of aryl methyl sites for hydroxylation is 1. The second kappa shape index (κ2) is 11.8. The van der Waals surface area contributed by atoms with Gasteiger partial charge in [-0.25, -0.2) is 0 Å². The topological polar surface area (TPSA) is 52.8 Å². The number of amides is 1. The van der Waals surface area contributed by atoms with Gasteiger partial charge in [-0.1, -0.05) is 51.0 Å². The highest BCUT2D eigenvalue weighted by Gasteiger charge is 2.32. The Balaban J connectivity index is 1.37. The lowest BCUT2D eigenvalue weighted by atomic mass is 9.82. The third-order valence-electron chi connectivity index (χ3n) is 8.49. The van der Waals surface area contributed by atoms with E-state index in [1.807, 2.05) is 11.0 Å². The fourth-order valence-electron chi connectivity index (χ4n) is 6.30. The highest BCUT2D eigenvalue weighted by atomic mass is 16.2. The molecule has 1 saturated carbocycles. The van der Waals surface area contributed by atoms with Crippen molar-refractivity contribution in [3.63, 3.8) is 0 Å². The Morgan fingerprint density at radius 1 is 0.879 bits per heavy atom. The third kappa shape index (κ3) is 6.37. The summed E-state index contributed by atoms with van der Waals surface area (Å²) in [5, 5.41) is 0. The normalized spacial score (nSPS) is 27.4. The van der Waals surface area contributed by atoms with Crippen molar-refractivity contribution in [2.24, 2.45) is 5.73 Å². The predicted octanol–water partition coefficient (Wildman–Crippen LogP) is 4.39. The van der Waals surface area contributed by atoms with E-state index in [9.17, 15) is 4.79 Å². The molecule has 5 nitrogen and oxygen atoms in total. The van der Waals surface area contributed by atoms with Crippen molar-refractivity contribution >= 4 is 5.91 Å². The molecule has 5 heteroatoms. The molecule has 3 fully saturated rings. The zero-order valence-corrected chi connectivity index (χ0v) is 21.1. The molecule has 3 aliphatic rings. The minimum absolute atomic E-state index is 0.173. The van der Waals surface area contributed by atoms with E-state index in [1.54, 1.807) is 0 Å². The maximum Gasteiger partial charge on any atom is 0.253 e. The fourth-order valence-corrected chi connectivity index (χ4v) is 6.30. The van der Waals surface area contributed by atoms with Gasteiger partial charge in [-0.15, -0.1) is 0 Å². The molecule has 1 aromatic rings. The summed E-state index contributed by atoms with van der Waals surface area (Å²) in [4.78, 5) is 20.0. The van der Waals surface area contributed by atoms with Crippen LogP contribution in [0, 0.1) is 6.92 Å². The molecule has 0 spiro atoms. The molecule has 184 valence electrons. The van der Waals surface area contributed by atoms with Crippen molar-refractivity contribution in [2.45, 2.75) is 89.1 Å². The van der Waals surface area contributed by atoms with Gasteiger partial charge in [0.05, 0.1) is 0 Å². The first kappa shape index (κ1) is 24.7. The van der Waals surface area contributed by atoms with Crippen LogP contribution >= 0.6 is 0 Å². The van der Waals surface area contributed by atoms with Gasteiger partial charge in [0.2, 0.25) is 0 Å². The third-order valence-corrected chi connectivity index (χ3v) is 8.49. The predicted molar refractivity (Wildman–Crippen MR) is 137 cm³/mol. The second-order valence-electron chi connectivity index (χ2n) is 10.9. The summed E-state index contributed by atoms with van der Waals surface area (Å²) >= 11 is 0. The summed E-state index contributed by atoms with van der Waals surface area (Å²) in [6, 6.07) is 7.24. The Labute approximate surface area is 201 Å². The summed E-state index contributed by atoms with van der Waals surface area (Å²) in [5.41, 5.74) is 10.2. The number of likely N-dealkylation sites (tertiary alicyclic amines) is 1. The van der Waals surface area contributed by atoms with Crippen LogP contribution in [-0.4, -0.2) is 79.0 Å². The number of hydrogen-bond donors (Lipinski definition) is 1. The number of piperazine rings is 1. The molecule has 0 radical (unpaired) electrons. The molecule has 2 aliphatic heterocycles. The van der Waals surface area contributed by atoms with E-state index in [1.165, 1.54) is 68.9 Å². The van der Waals surface area contributed by atoms with Gasteiger partial charge in [-0.3, -0.25) is 9.69 Å². The lowest BCUT2D eigenvalue weighted by Crippen LogP contribution is -2.51. The standard InChI is InChI=1S/C28H46N4O/c1-22-20-23(28(33)31-18-16-30(2)17-19-31)12-13-25(22)26-14-15-32(21-27(26)29)24-10-8-6-4-3-5-7-9-11-24/h12-13,20,24,26-27H,3-11,14-19,21,29H2,1-2H3. The average Bonchev–Trinajstić information content (AvgIpc) is 2.82. The van der Waals surface area contributed by atoms with E-state index in [0.717, 1.165) is 57.3 Å². The second-order valence-corrected chi connectivity index (χ2v) is 10.9. The van der Waals surface area contributed by atoms with Gasteiger partial charge in [0.25, 0.3) is 5.91 Å². The Kier molecular flexibility index (Phi) is 8.84. The number of benzene rings is 1. The lowest BCUT2D eigenvalue weighted by Gasteiger charge is -2.42. The lowest BCUT2D eigenvalue weighted by molar-refractivity contribution is 0.0664. The number of hydrogen-bond acceptors (Lipinski definition) is 4. The van der Waals surface area contributed by atoms with Crippen molar-refractivity contribution in [3.05, 3.63) is 34.9 Å². The van der Waals surface area contributed by atoms with Gasteiger partial charge in [0.1, 0.15) is 0 Å². The maximum absolute atomic E-state index is 13.0. The summed E-state index contributed by atoms with van der Waals surface area (Å²) in [7, 11) is 2.12. The van der Waals surface area contributed by atoms with Crippen molar-refractivity contribution in [3.8, 4) is 0 Å². The van der Waals surface area contributed by atoms with Crippen molar-refractivity contribution < 1.29 is 4.79 Å². The minimum Gasteiger partial charge on any atom is -0.336 e. The number of piperidine rings is 1. The van der Waals surface area contributed by atoms with E-state index < -0.39 is 0 Å². The molecular weight excluding hydrogens is 408 g/mol. The maximum atomic E-state index is 13.0. The van der Waals surface area contributed by atoms with Crippen LogP contribution in [0.25, 0.3) is 0 Å². The van der Waals surface area contributed by atoms with E-state index in [2.05, 4.69) is 35.9 Å². The fraction of sp³-hybridized carbons (Fsp3) is 0.750. The first-order valence-corrected chi connectivity index (χ1v) is 13.6. The molecule has 2 saturated heterocycles. The number of nitrogens with zero attached hydrogens (tertiary/aromatic N) is 3. The monoisotopic (exact) mass is 454 g/mol. The Morgan fingerprint density at radius 2 is 1.52 bits per heavy atom. The summed E-state index contributed by atoms with van der Waals surface area (Å²) in [6.07, 6.45) is 13.6. The summed E-state index contributed by atoms with van der Waals surface area (Å²) in [6.45, 7) is 7.88. The van der Waals surface area contributed by atoms with Gasteiger partial charge in [0, 0.05) is 56.3 Å². The van der Waals surface area contributed by atoms with E-state index >= 15 is 0 Å². The molecule has 33 heavy (non-hydrogen) atoms. The van der Waals surface area contributed by atoms with Crippen LogP contribution in [0.15, 0.2) is 18.2 Å². The molecule has 0 bridgehead atoms. The van der Waals surface area contributed by atoms with Crippen LogP contribution < -0.4 is 5.73 Å². The van der Waals surface area contributed by atoms with Crippen LogP contribution in [0.4, 0.5) is 0 Å². The first-order chi connectivity index (χ1) is 16.0. The smallest absolute Gasteiger partial charge is 0.253 e. The molecule has 2 N–H and O–H groups in total. The van der Waals surface area contributed by atoms with Crippen LogP contribution in [0.5, 0.6) is 0 Å². The SMILES string of the molecule is Cc1cc(C(=O)N2CCN(C)CC2)ccc1C1CCN(C2CCCCCCCCC2)CC1N. The van der Waals surface area contributed by atoms with Crippen molar-refractivity contribution in [2.75, 3.05) is 46.3 Å². The molecule has 2 atom stereocenters. The summed E-state index contributed by atoms with van der Waals surface area (Å²) in [5.74, 6) is 0.571. The van der Waals surface area contributed by atoms with E-state index in [4.69, 9.17) is 5.73 Å². The molecule has 1 amide bonds. The van der Waals surface area contributed by atoms with Gasteiger partial charge < -0.3 is 15.5 Å². The van der Waals surface area contributed by atoms with Gasteiger partial charge in [0.15, 0.2) is 0 Å². The molecule has 2 heterocycles. The van der Waals surface area contributed by atoms with Crippen LogP contribution in [-0.2, 0) is 0 Å². The van der Waals surface area contributed by atoms with E-state index in [-0.39, 0.29) is 11.9 Å². The Hall–Kier alpha value is -1.43. The number of likely N-dealkylation sites (N-methyl/N-ethyl adjacent to an activating group) is 1. The molecule has 1 aromatic carbocycles. The number of nitrogens with two attached hydrogens (primary N) is 1. The molecule has 2 unspecified atom stereocenters. The van der Waals surface area contributed by atoms with Gasteiger partial charge >= 0.3 is 0 Å². The highest BCUT2D eigenvalue weighted by molar-refractivity contribution is 5.94. The molecule has 0 aromatic heterocycles. The van der Waals surface area contributed by atoms with Crippen molar-refractivity contribution in [1.29, 1.82) is 0 Å². The van der Waals surface area contributed by atoms with Crippen molar-refractivity contribution in [1.82, 2.24) is 14.7 Å². The minimum atomic E-state index is 0.173. The van der Waals surface area contributed by atoms with Crippen LogP contribution in [0.1, 0.15) is 91.6 Å². The highest BCUT2D eigenvalue weighted by Crippen LogP contribution is 2.33. The molecule has 1 aliphatic carbocycles. The van der Waals surface area contributed by atoms with Gasteiger partial charge in [-0.2, -0.15) is 0 Å². The number of rotatable bonds is 3. The Bertz CT molecular complexity index is 763. The zero-order chi connectivity index (χ0) is 23.2.